The van der Waals surface area contributed by atoms with Gasteiger partial charge in [-0.2, -0.15) is 0 Å². The topological polar surface area (TPSA) is 97.4 Å². The molecule has 0 aliphatic carbocycles. The Balaban J connectivity index is 1.90. The van der Waals surface area contributed by atoms with E-state index in [0.29, 0.717) is 12.2 Å². The van der Waals surface area contributed by atoms with Gasteiger partial charge in [-0.05, 0) is 43.7 Å². The second-order valence-corrected chi connectivity index (χ2v) is 5.90. The smallest absolute Gasteiger partial charge is 0.291 e. The fraction of sp³-hybridized carbons (Fsp3) is 0.294. The summed E-state index contributed by atoms with van der Waals surface area (Å²) >= 11 is 0. The molecule has 122 valence electrons. The van der Waals surface area contributed by atoms with E-state index in [4.69, 9.17) is 10.2 Å². The van der Waals surface area contributed by atoms with Crippen molar-refractivity contribution in [2.75, 3.05) is 11.9 Å². The molecule has 0 unspecified atom stereocenters. The number of hydrogen-bond donors (Lipinski definition) is 3. The third kappa shape index (κ3) is 4.43. The van der Waals surface area contributed by atoms with E-state index in [1.165, 1.54) is 6.26 Å². The summed E-state index contributed by atoms with van der Waals surface area (Å²) in [6.45, 7) is 4.30. The van der Waals surface area contributed by atoms with E-state index in [0.717, 1.165) is 5.56 Å². The molecular formula is C17H21N3O3. The minimum Gasteiger partial charge on any atom is -0.459 e. The molecule has 0 atom stereocenters. The van der Waals surface area contributed by atoms with Crippen molar-refractivity contribution in [3.63, 3.8) is 0 Å². The van der Waals surface area contributed by atoms with Gasteiger partial charge in [-0.25, -0.2) is 0 Å². The average molecular weight is 315 g/mol. The van der Waals surface area contributed by atoms with E-state index < -0.39 is 5.41 Å². The van der Waals surface area contributed by atoms with E-state index in [9.17, 15) is 9.59 Å². The first kappa shape index (κ1) is 16.8. The van der Waals surface area contributed by atoms with Gasteiger partial charge in [-0.15, -0.1) is 0 Å². The Morgan fingerprint density at radius 3 is 2.43 bits per heavy atom. The van der Waals surface area contributed by atoms with Crippen LogP contribution in [0.2, 0.25) is 0 Å². The molecular weight excluding hydrogens is 294 g/mol. The van der Waals surface area contributed by atoms with Gasteiger partial charge in [-0.3, -0.25) is 9.59 Å². The standard InChI is InChI=1S/C17H21N3O3/c1-17(2,11-18)16(22)19-10-12-5-7-13(8-6-12)20-15(21)14-4-3-9-23-14/h3-9H,10-11,18H2,1-2H3,(H,19,22)(H,20,21). The number of carbonyl (C=O) groups is 2. The molecule has 2 aromatic rings. The zero-order valence-electron chi connectivity index (χ0n) is 13.3. The molecule has 1 heterocycles. The lowest BCUT2D eigenvalue weighted by Gasteiger charge is -2.21. The Bertz CT molecular complexity index is 661. The minimum absolute atomic E-state index is 0.0878. The molecule has 6 heteroatoms. The first-order valence-electron chi connectivity index (χ1n) is 7.34. The molecule has 0 spiro atoms. The monoisotopic (exact) mass is 315 g/mol. The first-order chi connectivity index (χ1) is 10.9. The third-order valence-corrected chi connectivity index (χ3v) is 3.53. The summed E-state index contributed by atoms with van der Waals surface area (Å²) in [4.78, 5) is 23.8. The number of furan rings is 1. The largest absolute Gasteiger partial charge is 0.459 e. The van der Waals surface area contributed by atoms with E-state index in [-0.39, 0.29) is 24.1 Å². The molecule has 0 aliphatic heterocycles. The Morgan fingerprint density at radius 1 is 1.17 bits per heavy atom. The molecule has 0 saturated heterocycles. The van der Waals surface area contributed by atoms with Crippen molar-refractivity contribution < 1.29 is 14.0 Å². The maximum Gasteiger partial charge on any atom is 0.291 e. The lowest BCUT2D eigenvalue weighted by Crippen LogP contribution is -2.41. The lowest BCUT2D eigenvalue weighted by atomic mass is 9.92. The van der Waals surface area contributed by atoms with Crippen LogP contribution in [-0.2, 0) is 11.3 Å². The number of nitrogens with one attached hydrogen (secondary N) is 2. The van der Waals surface area contributed by atoms with Crippen LogP contribution in [0, 0.1) is 5.41 Å². The summed E-state index contributed by atoms with van der Waals surface area (Å²) in [6.07, 6.45) is 1.45. The van der Waals surface area contributed by atoms with Gasteiger partial charge in [0.05, 0.1) is 11.7 Å². The summed E-state index contributed by atoms with van der Waals surface area (Å²) in [7, 11) is 0. The Hall–Kier alpha value is -2.60. The molecule has 6 nitrogen and oxygen atoms in total. The third-order valence-electron chi connectivity index (χ3n) is 3.53. The van der Waals surface area contributed by atoms with Gasteiger partial charge in [0.2, 0.25) is 5.91 Å². The maximum atomic E-state index is 12.0. The molecule has 0 aliphatic rings. The molecule has 4 N–H and O–H groups in total. The van der Waals surface area contributed by atoms with Crippen molar-refractivity contribution in [2.45, 2.75) is 20.4 Å². The highest BCUT2D eigenvalue weighted by atomic mass is 16.3. The predicted octanol–water partition coefficient (Wildman–Crippen LogP) is 2.13. The lowest BCUT2D eigenvalue weighted by molar-refractivity contribution is -0.129. The molecule has 2 amide bonds. The van der Waals surface area contributed by atoms with Crippen molar-refractivity contribution in [3.05, 3.63) is 54.0 Å². The second-order valence-electron chi connectivity index (χ2n) is 5.90. The van der Waals surface area contributed by atoms with Crippen LogP contribution in [0.5, 0.6) is 0 Å². The number of hydrogen-bond acceptors (Lipinski definition) is 4. The van der Waals surface area contributed by atoms with Crippen LogP contribution in [0.15, 0.2) is 47.1 Å². The summed E-state index contributed by atoms with van der Waals surface area (Å²) in [6, 6.07) is 10.5. The van der Waals surface area contributed by atoms with E-state index >= 15 is 0 Å². The molecule has 1 aromatic heterocycles. The quantitative estimate of drug-likeness (QED) is 0.760. The normalized spacial score (nSPS) is 11.1. The van der Waals surface area contributed by atoms with Gasteiger partial charge in [-0.1, -0.05) is 12.1 Å². The predicted molar refractivity (Wildman–Crippen MR) is 87.8 cm³/mol. The average Bonchev–Trinajstić information content (AvgIpc) is 3.08. The van der Waals surface area contributed by atoms with E-state index in [1.807, 2.05) is 12.1 Å². The number of rotatable bonds is 6. The number of anilines is 1. The molecule has 23 heavy (non-hydrogen) atoms. The number of carbonyl (C=O) groups excluding carboxylic acids is 2. The summed E-state index contributed by atoms with van der Waals surface area (Å²) in [5, 5.41) is 5.58. The molecule has 1 aromatic carbocycles. The van der Waals surface area contributed by atoms with Crippen molar-refractivity contribution in [1.82, 2.24) is 5.32 Å². The van der Waals surface area contributed by atoms with Crippen LogP contribution in [0.3, 0.4) is 0 Å². The van der Waals surface area contributed by atoms with Gasteiger partial charge in [0.25, 0.3) is 5.91 Å². The Labute approximate surface area is 135 Å². The molecule has 0 bridgehead atoms. The van der Waals surface area contributed by atoms with Crippen molar-refractivity contribution in [3.8, 4) is 0 Å². The molecule has 0 fully saturated rings. The van der Waals surface area contributed by atoms with Gasteiger partial charge in [0.15, 0.2) is 5.76 Å². The van der Waals surface area contributed by atoms with Crippen LogP contribution >= 0.6 is 0 Å². The van der Waals surface area contributed by atoms with Crippen LogP contribution in [0.1, 0.15) is 30.0 Å². The zero-order chi connectivity index (χ0) is 16.9. The number of benzene rings is 1. The Morgan fingerprint density at radius 2 is 1.87 bits per heavy atom. The highest BCUT2D eigenvalue weighted by Gasteiger charge is 2.25. The second kappa shape index (κ2) is 7.11. The van der Waals surface area contributed by atoms with Crippen molar-refractivity contribution in [1.29, 1.82) is 0 Å². The van der Waals surface area contributed by atoms with E-state index in [1.54, 1.807) is 38.1 Å². The summed E-state index contributed by atoms with van der Waals surface area (Å²) < 4.78 is 5.03. The van der Waals surface area contributed by atoms with Gasteiger partial charge in [0, 0.05) is 18.8 Å². The first-order valence-corrected chi connectivity index (χ1v) is 7.34. The fourth-order valence-corrected chi connectivity index (χ4v) is 1.82. The van der Waals surface area contributed by atoms with Gasteiger partial charge in [0.1, 0.15) is 0 Å². The van der Waals surface area contributed by atoms with Crippen LogP contribution in [0.25, 0.3) is 0 Å². The van der Waals surface area contributed by atoms with Crippen molar-refractivity contribution >= 4 is 17.5 Å². The molecule has 0 radical (unpaired) electrons. The highest BCUT2D eigenvalue weighted by Crippen LogP contribution is 2.14. The fourth-order valence-electron chi connectivity index (χ4n) is 1.82. The zero-order valence-corrected chi connectivity index (χ0v) is 13.3. The molecule has 2 rings (SSSR count). The minimum atomic E-state index is -0.586. The summed E-state index contributed by atoms with van der Waals surface area (Å²) in [5.41, 5.74) is 6.58. The maximum absolute atomic E-state index is 12.0. The van der Waals surface area contributed by atoms with Crippen LogP contribution < -0.4 is 16.4 Å². The van der Waals surface area contributed by atoms with Crippen molar-refractivity contribution in [2.24, 2.45) is 11.1 Å². The van der Waals surface area contributed by atoms with Gasteiger partial charge >= 0.3 is 0 Å². The Kier molecular flexibility index (Phi) is 5.18. The summed E-state index contributed by atoms with van der Waals surface area (Å²) in [5.74, 6) is -0.138. The number of amides is 2. The molecule has 0 saturated carbocycles. The SMILES string of the molecule is CC(C)(CN)C(=O)NCc1ccc(NC(=O)c2ccco2)cc1. The number of nitrogens with two attached hydrogens (primary N) is 1. The van der Waals surface area contributed by atoms with Crippen LogP contribution in [0.4, 0.5) is 5.69 Å². The van der Waals surface area contributed by atoms with Gasteiger partial charge < -0.3 is 20.8 Å². The highest BCUT2D eigenvalue weighted by molar-refractivity contribution is 6.02. The van der Waals surface area contributed by atoms with E-state index in [2.05, 4.69) is 10.6 Å². The van der Waals surface area contributed by atoms with Crippen LogP contribution in [-0.4, -0.2) is 18.4 Å².